The van der Waals surface area contributed by atoms with Gasteiger partial charge in [-0.15, -0.1) is 10.2 Å². The zero-order valence-electron chi connectivity index (χ0n) is 12.9. The second kappa shape index (κ2) is 5.81. The average Bonchev–Trinajstić information content (AvgIpc) is 2.87. The summed E-state index contributed by atoms with van der Waals surface area (Å²) in [5.41, 5.74) is 0.765. The number of pyridine rings is 1. The minimum Gasteiger partial charge on any atom is -0.483 e. The lowest BCUT2D eigenvalue weighted by molar-refractivity contribution is 0.292. The van der Waals surface area contributed by atoms with Crippen LogP contribution in [0.15, 0.2) is 30.5 Å². The van der Waals surface area contributed by atoms with Crippen molar-refractivity contribution in [2.45, 2.75) is 31.8 Å². The van der Waals surface area contributed by atoms with E-state index in [2.05, 4.69) is 19.7 Å². The summed E-state index contributed by atoms with van der Waals surface area (Å²) in [4.78, 5) is 4.38. The molecule has 23 heavy (non-hydrogen) atoms. The van der Waals surface area contributed by atoms with Gasteiger partial charge >= 0.3 is 0 Å². The molecule has 0 atom stereocenters. The highest BCUT2D eigenvalue weighted by molar-refractivity contribution is 6.35. The van der Waals surface area contributed by atoms with Crippen LogP contribution in [0.2, 0.25) is 5.02 Å². The number of fused-ring (bicyclic) bond motifs is 1. The van der Waals surface area contributed by atoms with Crippen LogP contribution in [-0.2, 0) is 13.7 Å². The van der Waals surface area contributed by atoms with Gasteiger partial charge in [-0.2, -0.15) is 0 Å². The van der Waals surface area contributed by atoms with E-state index in [-0.39, 0.29) is 0 Å². The summed E-state index contributed by atoms with van der Waals surface area (Å²) in [6.07, 6.45) is 5.44. The van der Waals surface area contributed by atoms with Crippen molar-refractivity contribution in [1.29, 1.82) is 0 Å². The highest BCUT2D eigenvalue weighted by Gasteiger charge is 2.25. The lowest BCUT2D eigenvalue weighted by Gasteiger charge is -2.24. The number of aromatic nitrogens is 4. The average molecular weight is 329 g/mol. The van der Waals surface area contributed by atoms with Crippen LogP contribution < -0.4 is 4.74 Å². The molecular formula is C17H17ClN4O. The first kappa shape index (κ1) is 14.5. The van der Waals surface area contributed by atoms with E-state index >= 15 is 0 Å². The normalized spacial score (nSPS) is 14.9. The highest BCUT2D eigenvalue weighted by Crippen LogP contribution is 2.35. The van der Waals surface area contributed by atoms with E-state index in [1.165, 1.54) is 19.3 Å². The molecule has 1 aliphatic rings. The van der Waals surface area contributed by atoms with E-state index in [1.807, 2.05) is 31.3 Å². The minimum atomic E-state index is 0.365. The number of halogens is 1. The Labute approximate surface area is 139 Å². The zero-order valence-corrected chi connectivity index (χ0v) is 13.6. The SMILES string of the molecule is Cn1c(COc2ccc(Cl)c3cccnc23)nnc1C1CCC1. The van der Waals surface area contributed by atoms with Gasteiger partial charge in [-0.25, -0.2) is 0 Å². The Morgan fingerprint density at radius 3 is 2.91 bits per heavy atom. The predicted molar refractivity (Wildman–Crippen MR) is 88.7 cm³/mol. The molecule has 2 heterocycles. The highest BCUT2D eigenvalue weighted by atomic mass is 35.5. The molecule has 118 valence electrons. The van der Waals surface area contributed by atoms with E-state index in [9.17, 15) is 0 Å². The van der Waals surface area contributed by atoms with Gasteiger partial charge in [-0.1, -0.05) is 18.0 Å². The largest absolute Gasteiger partial charge is 0.483 e. The van der Waals surface area contributed by atoms with Crippen molar-refractivity contribution in [2.75, 3.05) is 0 Å². The molecule has 0 saturated heterocycles. The van der Waals surface area contributed by atoms with Gasteiger partial charge in [0.25, 0.3) is 0 Å². The minimum absolute atomic E-state index is 0.365. The lowest BCUT2D eigenvalue weighted by Crippen LogP contribution is -2.15. The van der Waals surface area contributed by atoms with Crippen molar-refractivity contribution in [3.8, 4) is 5.75 Å². The fourth-order valence-electron chi connectivity index (χ4n) is 2.89. The molecule has 6 heteroatoms. The molecule has 4 rings (SSSR count). The van der Waals surface area contributed by atoms with Gasteiger partial charge in [0.1, 0.15) is 23.7 Å². The summed E-state index contributed by atoms with van der Waals surface area (Å²) in [5.74, 6) is 3.15. The molecule has 0 N–H and O–H groups in total. The molecule has 0 amide bonds. The molecule has 5 nitrogen and oxygen atoms in total. The smallest absolute Gasteiger partial charge is 0.170 e. The van der Waals surface area contributed by atoms with E-state index < -0.39 is 0 Å². The van der Waals surface area contributed by atoms with E-state index in [0.29, 0.717) is 23.3 Å². The Morgan fingerprint density at radius 1 is 1.26 bits per heavy atom. The molecular weight excluding hydrogens is 312 g/mol. The second-order valence-corrected chi connectivity index (χ2v) is 6.30. The van der Waals surface area contributed by atoms with Gasteiger partial charge in [0.15, 0.2) is 5.82 Å². The third-order valence-electron chi connectivity index (χ3n) is 4.51. The third kappa shape index (κ3) is 2.55. The summed E-state index contributed by atoms with van der Waals surface area (Å²) < 4.78 is 7.99. The predicted octanol–water partition coefficient (Wildman–Crippen LogP) is 3.86. The van der Waals surface area contributed by atoms with Gasteiger partial charge in [-0.3, -0.25) is 4.98 Å². The lowest BCUT2D eigenvalue weighted by atomic mass is 9.85. The molecule has 0 unspecified atom stereocenters. The molecule has 1 saturated carbocycles. The maximum Gasteiger partial charge on any atom is 0.170 e. The van der Waals surface area contributed by atoms with Gasteiger partial charge in [0, 0.05) is 24.5 Å². The quantitative estimate of drug-likeness (QED) is 0.729. The molecule has 0 radical (unpaired) electrons. The van der Waals surface area contributed by atoms with Gasteiger partial charge in [0.2, 0.25) is 0 Å². The topological polar surface area (TPSA) is 52.8 Å². The molecule has 1 aliphatic carbocycles. The standard InChI is InChI=1S/C17H17ClN4O/c1-22-15(20-21-17(22)11-4-2-5-11)10-23-14-8-7-13(18)12-6-3-9-19-16(12)14/h3,6-9,11H,2,4-5,10H2,1H3. The van der Waals surface area contributed by atoms with Crippen LogP contribution in [0.3, 0.4) is 0 Å². The van der Waals surface area contributed by atoms with Crippen LogP contribution in [0.25, 0.3) is 10.9 Å². The third-order valence-corrected chi connectivity index (χ3v) is 4.83. The van der Waals surface area contributed by atoms with E-state index in [0.717, 1.165) is 22.6 Å². The Bertz CT molecular complexity index is 857. The number of hydrogen-bond acceptors (Lipinski definition) is 4. The Kier molecular flexibility index (Phi) is 3.65. The molecule has 0 bridgehead atoms. The van der Waals surface area contributed by atoms with Crippen LogP contribution in [-0.4, -0.2) is 19.7 Å². The van der Waals surface area contributed by atoms with Gasteiger partial charge < -0.3 is 9.30 Å². The molecule has 1 fully saturated rings. The number of hydrogen-bond donors (Lipinski definition) is 0. The molecule has 0 aliphatic heterocycles. The fraction of sp³-hybridized carbons (Fsp3) is 0.353. The van der Waals surface area contributed by atoms with Gasteiger partial charge in [0.05, 0.1) is 5.02 Å². The Hall–Kier alpha value is -2.14. The summed E-state index contributed by atoms with van der Waals surface area (Å²) in [6, 6.07) is 7.48. The van der Waals surface area contributed by atoms with Crippen molar-refractivity contribution in [3.05, 3.63) is 47.1 Å². The second-order valence-electron chi connectivity index (χ2n) is 5.90. The number of ether oxygens (including phenoxy) is 1. The number of nitrogens with zero attached hydrogens (tertiary/aromatic N) is 4. The van der Waals surface area contributed by atoms with Crippen molar-refractivity contribution < 1.29 is 4.74 Å². The van der Waals surface area contributed by atoms with Gasteiger partial charge in [-0.05, 0) is 37.1 Å². The maximum absolute atomic E-state index is 6.21. The van der Waals surface area contributed by atoms with Crippen LogP contribution in [0.1, 0.15) is 36.8 Å². The van der Waals surface area contributed by atoms with Crippen LogP contribution in [0, 0.1) is 0 Å². The van der Waals surface area contributed by atoms with Crippen molar-refractivity contribution in [2.24, 2.45) is 7.05 Å². The monoisotopic (exact) mass is 328 g/mol. The van der Waals surface area contributed by atoms with Crippen LogP contribution in [0.4, 0.5) is 0 Å². The molecule has 2 aromatic heterocycles. The Balaban J connectivity index is 1.58. The first-order valence-electron chi connectivity index (χ1n) is 7.78. The number of benzene rings is 1. The first-order valence-corrected chi connectivity index (χ1v) is 8.16. The molecule has 0 spiro atoms. The number of rotatable bonds is 4. The summed E-state index contributed by atoms with van der Waals surface area (Å²) >= 11 is 6.21. The zero-order chi connectivity index (χ0) is 15.8. The van der Waals surface area contributed by atoms with Crippen molar-refractivity contribution in [3.63, 3.8) is 0 Å². The first-order chi connectivity index (χ1) is 11.2. The maximum atomic E-state index is 6.21. The fourth-order valence-corrected chi connectivity index (χ4v) is 3.11. The van der Waals surface area contributed by atoms with Crippen LogP contribution in [0.5, 0.6) is 5.75 Å². The van der Waals surface area contributed by atoms with Crippen LogP contribution >= 0.6 is 11.6 Å². The summed E-state index contributed by atoms with van der Waals surface area (Å²) in [5, 5.41) is 10.2. The Morgan fingerprint density at radius 2 is 2.13 bits per heavy atom. The summed E-state index contributed by atoms with van der Waals surface area (Å²) in [6.45, 7) is 0.365. The van der Waals surface area contributed by atoms with Crippen molar-refractivity contribution >= 4 is 22.5 Å². The molecule has 3 aromatic rings. The van der Waals surface area contributed by atoms with E-state index in [1.54, 1.807) is 6.20 Å². The van der Waals surface area contributed by atoms with Crippen molar-refractivity contribution in [1.82, 2.24) is 19.7 Å². The van der Waals surface area contributed by atoms with E-state index in [4.69, 9.17) is 16.3 Å². The molecule has 1 aromatic carbocycles. The summed E-state index contributed by atoms with van der Waals surface area (Å²) in [7, 11) is 2.00.